The normalized spacial score (nSPS) is 19.6. The van der Waals surface area contributed by atoms with Crippen LogP contribution in [0, 0.1) is 5.92 Å². The molecule has 1 aliphatic heterocycles. The van der Waals surface area contributed by atoms with Crippen molar-refractivity contribution in [3.05, 3.63) is 59.9 Å². The van der Waals surface area contributed by atoms with E-state index in [0.717, 1.165) is 43.9 Å². The van der Waals surface area contributed by atoms with Gasteiger partial charge in [0.1, 0.15) is 11.8 Å². The maximum absolute atomic E-state index is 12.0. The molecule has 1 N–H and O–H groups in total. The van der Waals surface area contributed by atoms with Crippen LogP contribution < -0.4 is 4.74 Å². The van der Waals surface area contributed by atoms with Gasteiger partial charge in [-0.2, -0.15) is 0 Å². The Morgan fingerprint density at radius 3 is 2.33 bits per heavy atom. The average Bonchev–Trinajstić information content (AvgIpc) is 3.53. The number of hydrogen-bond donors (Lipinski definition) is 1. The van der Waals surface area contributed by atoms with Crippen LogP contribution >= 0.6 is 0 Å². The highest BCUT2D eigenvalue weighted by Crippen LogP contribution is 2.33. The molecule has 2 aromatic rings. The van der Waals surface area contributed by atoms with Gasteiger partial charge in [-0.05, 0) is 86.0 Å². The first-order valence-corrected chi connectivity index (χ1v) is 9.80. The highest BCUT2D eigenvalue weighted by atomic mass is 16.5. The molecule has 1 atom stereocenters. The minimum atomic E-state index is -0.788. The first-order chi connectivity index (χ1) is 13.2. The third-order valence-electron chi connectivity index (χ3n) is 5.68. The van der Waals surface area contributed by atoms with E-state index >= 15 is 0 Å². The van der Waals surface area contributed by atoms with E-state index in [9.17, 15) is 9.90 Å². The fourth-order valence-electron chi connectivity index (χ4n) is 3.88. The summed E-state index contributed by atoms with van der Waals surface area (Å²) in [4.78, 5) is 18.1. The Morgan fingerprint density at radius 2 is 1.74 bits per heavy atom. The second-order valence-electron chi connectivity index (χ2n) is 7.65. The van der Waals surface area contributed by atoms with Gasteiger partial charge < -0.3 is 9.84 Å². The molecule has 5 nitrogen and oxygen atoms in total. The minimum absolute atomic E-state index is 0.483. The smallest absolute Gasteiger partial charge is 0.325 e. The van der Waals surface area contributed by atoms with E-state index in [1.54, 1.807) is 0 Å². The maximum Gasteiger partial charge on any atom is 0.325 e. The Kier molecular flexibility index (Phi) is 5.39. The molecule has 0 amide bonds. The predicted octanol–water partition coefficient (Wildman–Crippen LogP) is 3.88. The lowest BCUT2D eigenvalue weighted by Crippen LogP contribution is -2.39. The van der Waals surface area contributed by atoms with Gasteiger partial charge in [0.2, 0.25) is 0 Å². The van der Waals surface area contributed by atoms with Crippen molar-refractivity contribution in [2.24, 2.45) is 5.92 Å². The van der Waals surface area contributed by atoms with Crippen LogP contribution in [0.15, 0.2) is 48.8 Å². The number of ether oxygens (including phenoxy) is 1. The van der Waals surface area contributed by atoms with Gasteiger partial charge in [-0.3, -0.25) is 14.7 Å². The molecule has 1 aromatic heterocycles. The van der Waals surface area contributed by atoms with Crippen molar-refractivity contribution in [3.63, 3.8) is 0 Å². The van der Waals surface area contributed by atoms with E-state index in [4.69, 9.17) is 4.74 Å². The van der Waals surface area contributed by atoms with Crippen molar-refractivity contribution in [1.82, 2.24) is 9.88 Å². The zero-order valence-electron chi connectivity index (χ0n) is 15.5. The van der Waals surface area contributed by atoms with Crippen molar-refractivity contribution >= 4 is 5.97 Å². The molecule has 0 spiro atoms. The molecule has 0 radical (unpaired) electrons. The number of rotatable bonds is 7. The summed E-state index contributed by atoms with van der Waals surface area (Å²) in [5, 5.41) is 9.83. The standard InChI is InChI=1S/C22H26N2O3/c25-22(26)21(19-3-5-20(6-4-19)27-15-16-1-2-16)24-13-9-18(10-14-24)17-7-11-23-12-8-17/h3-8,11-12,16,18,21H,1-2,9-10,13-15H2,(H,25,26)/t21-/m1/s1. The van der Waals surface area contributed by atoms with Gasteiger partial charge in [0.05, 0.1) is 6.61 Å². The number of nitrogens with zero attached hydrogens (tertiary/aromatic N) is 2. The SMILES string of the molecule is O=C(O)[C@@H](c1ccc(OCC2CC2)cc1)N1CCC(c2ccncc2)CC1. The number of carbonyl (C=O) groups is 1. The quantitative estimate of drug-likeness (QED) is 0.806. The van der Waals surface area contributed by atoms with Crippen molar-refractivity contribution in [3.8, 4) is 5.75 Å². The highest BCUT2D eigenvalue weighted by molar-refractivity contribution is 5.75. The van der Waals surface area contributed by atoms with Crippen LogP contribution in [0.3, 0.4) is 0 Å². The zero-order valence-corrected chi connectivity index (χ0v) is 15.5. The fourth-order valence-corrected chi connectivity index (χ4v) is 3.88. The lowest BCUT2D eigenvalue weighted by molar-refractivity contribution is -0.144. The molecule has 4 rings (SSSR count). The van der Waals surface area contributed by atoms with Crippen molar-refractivity contribution in [1.29, 1.82) is 0 Å². The van der Waals surface area contributed by atoms with Gasteiger partial charge in [0.15, 0.2) is 0 Å². The molecule has 0 bridgehead atoms. The van der Waals surface area contributed by atoms with E-state index < -0.39 is 12.0 Å². The molecule has 1 aromatic carbocycles. The third kappa shape index (κ3) is 4.48. The summed E-state index contributed by atoms with van der Waals surface area (Å²) in [6, 6.07) is 11.1. The maximum atomic E-state index is 12.0. The number of likely N-dealkylation sites (tertiary alicyclic amines) is 1. The van der Waals surface area contributed by atoms with Crippen LogP contribution in [0.4, 0.5) is 0 Å². The Morgan fingerprint density at radius 1 is 1.07 bits per heavy atom. The van der Waals surface area contributed by atoms with Gasteiger partial charge in [-0.25, -0.2) is 0 Å². The molecule has 1 saturated heterocycles. The summed E-state index contributed by atoms with van der Waals surface area (Å²) in [5.41, 5.74) is 2.12. The van der Waals surface area contributed by atoms with Gasteiger partial charge in [-0.15, -0.1) is 0 Å². The predicted molar refractivity (Wildman–Crippen MR) is 103 cm³/mol. The van der Waals surface area contributed by atoms with Crippen LogP contribution in [-0.4, -0.2) is 40.7 Å². The minimum Gasteiger partial charge on any atom is -0.493 e. The van der Waals surface area contributed by atoms with Gasteiger partial charge in [0, 0.05) is 12.4 Å². The largest absolute Gasteiger partial charge is 0.493 e. The Hall–Kier alpha value is -2.40. The highest BCUT2D eigenvalue weighted by Gasteiger charge is 2.31. The topological polar surface area (TPSA) is 62.7 Å². The van der Waals surface area contributed by atoms with Crippen LogP contribution in [0.25, 0.3) is 0 Å². The zero-order chi connectivity index (χ0) is 18.6. The number of aliphatic carboxylic acids is 1. The molecule has 0 unspecified atom stereocenters. The summed E-state index contributed by atoms with van der Waals surface area (Å²) in [6.07, 6.45) is 8.11. The summed E-state index contributed by atoms with van der Waals surface area (Å²) < 4.78 is 5.77. The molecular formula is C22H26N2O3. The molecular weight excluding hydrogens is 340 g/mol. The number of piperidine rings is 1. The second kappa shape index (κ2) is 8.09. The summed E-state index contributed by atoms with van der Waals surface area (Å²) in [5.74, 6) is 1.23. The number of pyridine rings is 1. The van der Waals surface area contributed by atoms with Crippen LogP contribution in [0.5, 0.6) is 5.75 Å². The average molecular weight is 366 g/mol. The Bertz CT molecular complexity index is 751. The van der Waals surface area contributed by atoms with Crippen molar-refractivity contribution in [2.45, 2.75) is 37.6 Å². The molecule has 2 heterocycles. The van der Waals surface area contributed by atoms with E-state index in [0.29, 0.717) is 11.8 Å². The van der Waals surface area contributed by atoms with Crippen molar-refractivity contribution in [2.75, 3.05) is 19.7 Å². The molecule has 5 heteroatoms. The summed E-state index contributed by atoms with van der Waals surface area (Å²) >= 11 is 0. The number of carboxylic acids is 1. The van der Waals surface area contributed by atoms with E-state index in [1.165, 1.54) is 18.4 Å². The molecule has 1 saturated carbocycles. The summed E-state index contributed by atoms with van der Waals surface area (Å²) in [7, 11) is 0. The fraction of sp³-hybridized carbons (Fsp3) is 0.455. The molecule has 2 fully saturated rings. The van der Waals surface area contributed by atoms with Crippen LogP contribution in [0.2, 0.25) is 0 Å². The van der Waals surface area contributed by atoms with Crippen LogP contribution in [-0.2, 0) is 4.79 Å². The van der Waals surface area contributed by atoms with Crippen molar-refractivity contribution < 1.29 is 14.6 Å². The van der Waals surface area contributed by atoms with Gasteiger partial charge >= 0.3 is 5.97 Å². The van der Waals surface area contributed by atoms with Gasteiger partial charge in [-0.1, -0.05) is 12.1 Å². The molecule has 142 valence electrons. The summed E-state index contributed by atoms with van der Waals surface area (Å²) in [6.45, 7) is 2.33. The lowest BCUT2D eigenvalue weighted by atomic mass is 9.89. The van der Waals surface area contributed by atoms with E-state index in [2.05, 4.69) is 22.0 Å². The monoisotopic (exact) mass is 366 g/mol. The number of aromatic nitrogens is 1. The number of carboxylic acid groups (broad SMARTS) is 1. The molecule has 1 aliphatic carbocycles. The van der Waals surface area contributed by atoms with E-state index in [-0.39, 0.29) is 0 Å². The Balaban J connectivity index is 1.39. The first kappa shape index (κ1) is 18.0. The second-order valence-corrected chi connectivity index (χ2v) is 7.65. The molecule has 2 aliphatic rings. The van der Waals surface area contributed by atoms with Crippen LogP contribution in [0.1, 0.15) is 48.8 Å². The first-order valence-electron chi connectivity index (χ1n) is 9.80. The number of hydrogen-bond acceptors (Lipinski definition) is 4. The third-order valence-corrected chi connectivity index (χ3v) is 5.68. The lowest BCUT2D eigenvalue weighted by Gasteiger charge is -2.36. The van der Waals surface area contributed by atoms with E-state index in [1.807, 2.05) is 36.7 Å². The number of benzene rings is 1. The molecule has 27 heavy (non-hydrogen) atoms. The Labute approximate surface area is 160 Å². The van der Waals surface area contributed by atoms with Gasteiger partial charge in [0.25, 0.3) is 0 Å².